The van der Waals surface area contributed by atoms with Crippen LogP contribution in [0.25, 0.3) is 0 Å². The second-order valence-electron chi connectivity index (χ2n) is 5.43. The lowest BCUT2D eigenvalue weighted by Gasteiger charge is -2.17. The summed E-state index contributed by atoms with van der Waals surface area (Å²) in [6, 6.07) is 7.69. The van der Waals surface area contributed by atoms with E-state index in [1.165, 1.54) is 7.05 Å². The maximum absolute atomic E-state index is 12.3. The van der Waals surface area contributed by atoms with Crippen molar-refractivity contribution in [2.45, 2.75) is 24.7 Å². The number of likely N-dealkylation sites (tertiary alicyclic amines) is 1. The molecule has 1 heterocycles. The van der Waals surface area contributed by atoms with Gasteiger partial charge in [0.05, 0.1) is 18.3 Å². The van der Waals surface area contributed by atoms with Gasteiger partial charge in [0.2, 0.25) is 15.9 Å². The predicted molar refractivity (Wildman–Crippen MR) is 83.8 cm³/mol. The van der Waals surface area contributed by atoms with Gasteiger partial charge in [-0.25, -0.2) is 13.1 Å². The van der Waals surface area contributed by atoms with Gasteiger partial charge in [-0.05, 0) is 24.6 Å². The first-order valence-corrected chi connectivity index (χ1v) is 8.78. The van der Waals surface area contributed by atoms with Crippen molar-refractivity contribution < 1.29 is 17.9 Å². The highest BCUT2D eigenvalue weighted by atomic mass is 32.2. The third-order valence-electron chi connectivity index (χ3n) is 3.88. The highest BCUT2D eigenvalue weighted by molar-refractivity contribution is 7.90. The van der Waals surface area contributed by atoms with Gasteiger partial charge in [-0.1, -0.05) is 24.3 Å². The van der Waals surface area contributed by atoms with Crippen molar-refractivity contribution in [1.29, 1.82) is 0 Å². The molecule has 1 aromatic rings. The van der Waals surface area contributed by atoms with Gasteiger partial charge >= 0.3 is 0 Å². The summed E-state index contributed by atoms with van der Waals surface area (Å²) >= 11 is 0. The summed E-state index contributed by atoms with van der Waals surface area (Å²) in [7, 11) is -0.278. The Balaban J connectivity index is 1.97. The number of sulfonamides is 1. The second-order valence-corrected chi connectivity index (χ2v) is 7.59. The van der Waals surface area contributed by atoms with Crippen LogP contribution in [0.4, 0.5) is 0 Å². The minimum atomic E-state index is -3.31. The molecule has 0 saturated carbocycles. The number of methoxy groups -OCH3 is 1. The summed E-state index contributed by atoms with van der Waals surface area (Å²) in [4.78, 5) is 14.0. The van der Waals surface area contributed by atoms with E-state index in [1.54, 1.807) is 12.0 Å². The number of amides is 1. The van der Waals surface area contributed by atoms with Gasteiger partial charge in [-0.2, -0.15) is 0 Å². The van der Waals surface area contributed by atoms with Crippen LogP contribution in [0.5, 0.6) is 0 Å². The van der Waals surface area contributed by atoms with Crippen molar-refractivity contribution in [3.05, 3.63) is 35.4 Å². The van der Waals surface area contributed by atoms with Gasteiger partial charge < -0.3 is 9.64 Å². The van der Waals surface area contributed by atoms with E-state index in [2.05, 4.69) is 4.72 Å². The summed E-state index contributed by atoms with van der Waals surface area (Å²) in [6.07, 6.45) is 0.766. The van der Waals surface area contributed by atoms with Crippen LogP contribution in [0.1, 0.15) is 17.5 Å². The van der Waals surface area contributed by atoms with Crippen molar-refractivity contribution in [1.82, 2.24) is 9.62 Å². The normalized spacial score (nSPS) is 18.6. The number of carbonyl (C=O) groups excluding carboxylic acids is 1. The van der Waals surface area contributed by atoms with Gasteiger partial charge in [-0.15, -0.1) is 0 Å². The summed E-state index contributed by atoms with van der Waals surface area (Å²) in [6.45, 7) is 1.26. The van der Waals surface area contributed by atoms with Crippen LogP contribution in [0.3, 0.4) is 0 Å². The molecule has 0 aliphatic carbocycles. The van der Waals surface area contributed by atoms with E-state index >= 15 is 0 Å². The Kier molecular flexibility index (Phi) is 5.55. The third kappa shape index (κ3) is 4.06. The minimum Gasteiger partial charge on any atom is -0.380 e. The molecule has 1 aliphatic rings. The number of hydrogen-bond donors (Lipinski definition) is 1. The molecule has 6 nitrogen and oxygen atoms in total. The Hall–Kier alpha value is -1.44. The first-order valence-electron chi connectivity index (χ1n) is 7.23. The molecule has 1 amide bonds. The monoisotopic (exact) mass is 326 g/mol. The van der Waals surface area contributed by atoms with Crippen LogP contribution in [0, 0.1) is 0 Å². The van der Waals surface area contributed by atoms with Crippen LogP contribution >= 0.6 is 0 Å². The molecule has 122 valence electrons. The van der Waals surface area contributed by atoms with Crippen LogP contribution in [0.15, 0.2) is 24.3 Å². The molecule has 0 radical (unpaired) electrons. The van der Waals surface area contributed by atoms with Crippen molar-refractivity contribution in [3.8, 4) is 0 Å². The first-order chi connectivity index (χ1) is 10.5. The lowest BCUT2D eigenvalue weighted by Crippen LogP contribution is -2.36. The van der Waals surface area contributed by atoms with Gasteiger partial charge in [-0.3, -0.25) is 4.79 Å². The van der Waals surface area contributed by atoms with Crippen LogP contribution in [-0.2, 0) is 32.6 Å². The van der Waals surface area contributed by atoms with Crippen molar-refractivity contribution in [2.24, 2.45) is 0 Å². The van der Waals surface area contributed by atoms with E-state index in [0.29, 0.717) is 19.6 Å². The Morgan fingerprint density at radius 2 is 2.14 bits per heavy atom. The van der Waals surface area contributed by atoms with Gasteiger partial charge in [0.1, 0.15) is 0 Å². The number of rotatable bonds is 6. The largest absolute Gasteiger partial charge is 0.380 e. The van der Waals surface area contributed by atoms with Gasteiger partial charge in [0.25, 0.3) is 0 Å². The summed E-state index contributed by atoms with van der Waals surface area (Å²) in [5, 5.41) is -0.513. The van der Waals surface area contributed by atoms with Crippen LogP contribution < -0.4 is 4.72 Å². The van der Waals surface area contributed by atoms with Crippen LogP contribution in [0.2, 0.25) is 0 Å². The summed E-state index contributed by atoms with van der Waals surface area (Å²) in [5.74, 6) is -0.0385. The number of ether oxygens (including phenoxy) is 1. The molecule has 1 saturated heterocycles. The standard InChI is InChI=1S/C15H22N2O4S/c1-16-22(19,20)14-6-7-17(10-14)15(18)9-12-4-3-5-13(8-12)11-21-2/h3-5,8,14,16H,6-7,9-11H2,1-2H3. The molecule has 1 atom stereocenters. The topological polar surface area (TPSA) is 75.7 Å². The Morgan fingerprint density at radius 1 is 1.41 bits per heavy atom. The van der Waals surface area contributed by atoms with E-state index in [4.69, 9.17) is 4.74 Å². The Bertz CT molecular complexity index is 630. The average molecular weight is 326 g/mol. The number of hydrogen-bond acceptors (Lipinski definition) is 4. The zero-order valence-electron chi connectivity index (χ0n) is 12.9. The Labute approximate surface area is 131 Å². The lowest BCUT2D eigenvalue weighted by atomic mass is 10.1. The quantitative estimate of drug-likeness (QED) is 0.827. The number of nitrogens with one attached hydrogen (secondary N) is 1. The van der Waals surface area contributed by atoms with Crippen molar-refractivity contribution in [2.75, 3.05) is 27.2 Å². The SMILES string of the molecule is CNS(=O)(=O)C1CCN(C(=O)Cc2cccc(COC)c2)C1. The zero-order chi connectivity index (χ0) is 16.2. The maximum atomic E-state index is 12.3. The molecule has 0 bridgehead atoms. The van der Waals surface area contributed by atoms with Crippen molar-refractivity contribution >= 4 is 15.9 Å². The van der Waals surface area contributed by atoms with E-state index in [-0.39, 0.29) is 18.9 Å². The zero-order valence-corrected chi connectivity index (χ0v) is 13.7. The molecule has 1 aliphatic heterocycles. The fraction of sp³-hybridized carbons (Fsp3) is 0.533. The molecule has 1 unspecified atom stereocenters. The molecular weight excluding hydrogens is 304 g/mol. The molecule has 7 heteroatoms. The number of carbonyl (C=O) groups is 1. The van der Waals surface area contributed by atoms with E-state index in [1.807, 2.05) is 24.3 Å². The molecule has 1 fully saturated rings. The number of benzene rings is 1. The fourth-order valence-corrected chi connectivity index (χ4v) is 3.78. The van der Waals surface area contributed by atoms with E-state index in [9.17, 15) is 13.2 Å². The molecule has 0 spiro atoms. The maximum Gasteiger partial charge on any atom is 0.227 e. The molecule has 2 rings (SSSR count). The predicted octanol–water partition coefficient (Wildman–Crippen LogP) is 0.526. The molecular formula is C15H22N2O4S. The molecule has 1 N–H and O–H groups in total. The summed E-state index contributed by atoms with van der Waals surface area (Å²) in [5.41, 5.74) is 1.93. The van der Waals surface area contributed by atoms with Crippen molar-refractivity contribution in [3.63, 3.8) is 0 Å². The lowest BCUT2D eigenvalue weighted by molar-refractivity contribution is -0.129. The highest BCUT2D eigenvalue weighted by Gasteiger charge is 2.34. The van der Waals surface area contributed by atoms with Gasteiger partial charge in [0.15, 0.2) is 0 Å². The van der Waals surface area contributed by atoms with Gasteiger partial charge in [0, 0.05) is 20.2 Å². The second kappa shape index (κ2) is 7.21. The Morgan fingerprint density at radius 3 is 2.82 bits per heavy atom. The number of nitrogens with zero attached hydrogens (tertiary/aromatic N) is 1. The minimum absolute atomic E-state index is 0.0385. The first kappa shape index (κ1) is 16.9. The average Bonchev–Trinajstić information content (AvgIpc) is 2.99. The fourth-order valence-electron chi connectivity index (χ4n) is 2.66. The molecule has 22 heavy (non-hydrogen) atoms. The smallest absolute Gasteiger partial charge is 0.227 e. The van der Waals surface area contributed by atoms with E-state index < -0.39 is 15.3 Å². The van der Waals surface area contributed by atoms with Crippen LogP contribution in [-0.4, -0.2) is 51.7 Å². The highest BCUT2D eigenvalue weighted by Crippen LogP contribution is 2.17. The summed E-state index contributed by atoms with van der Waals surface area (Å²) < 4.78 is 31.0. The molecule has 0 aromatic heterocycles. The molecule has 1 aromatic carbocycles. The third-order valence-corrected chi connectivity index (χ3v) is 5.71. The van der Waals surface area contributed by atoms with E-state index in [0.717, 1.165) is 11.1 Å².